The van der Waals surface area contributed by atoms with Gasteiger partial charge in [-0.15, -0.1) is 0 Å². The van der Waals surface area contributed by atoms with Crippen LogP contribution >= 0.6 is 11.6 Å². The molecule has 4 N–H and O–H groups in total. The zero-order valence-electron chi connectivity index (χ0n) is 9.94. The monoisotopic (exact) mass is 287 g/mol. The number of halogens is 1. The molecule has 7 nitrogen and oxygen atoms in total. The van der Waals surface area contributed by atoms with Crippen LogP contribution in [0.15, 0.2) is 16.5 Å². The lowest BCUT2D eigenvalue weighted by molar-refractivity contribution is -0.0458. The van der Waals surface area contributed by atoms with E-state index in [2.05, 4.69) is 4.98 Å². The van der Waals surface area contributed by atoms with E-state index in [1.807, 2.05) is 0 Å². The fourth-order valence-corrected chi connectivity index (χ4v) is 2.09. The SMILES string of the molecule is Nc1nc(=O)n(C2CC(O)C(CO)O2)cc1/C=C/Cl. The average Bonchev–Trinajstić information content (AvgIpc) is 2.74. The summed E-state index contributed by atoms with van der Waals surface area (Å²) in [5, 5.41) is 18.7. The Balaban J connectivity index is 2.35. The van der Waals surface area contributed by atoms with Crippen LogP contribution < -0.4 is 11.4 Å². The highest BCUT2D eigenvalue weighted by Gasteiger charge is 2.35. The molecule has 1 aromatic heterocycles. The van der Waals surface area contributed by atoms with Crippen molar-refractivity contribution in [3.63, 3.8) is 0 Å². The minimum absolute atomic E-state index is 0.0652. The molecule has 19 heavy (non-hydrogen) atoms. The van der Waals surface area contributed by atoms with Gasteiger partial charge in [-0.3, -0.25) is 4.57 Å². The van der Waals surface area contributed by atoms with E-state index in [4.69, 9.17) is 27.2 Å². The molecule has 0 aromatic carbocycles. The quantitative estimate of drug-likeness (QED) is 0.702. The summed E-state index contributed by atoms with van der Waals surface area (Å²) in [6, 6.07) is 0. The van der Waals surface area contributed by atoms with Gasteiger partial charge < -0.3 is 20.7 Å². The Morgan fingerprint density at radius 1 is 1.68 bits per heavy atom. The summed E-state index contributed by atoms with van der Waals surface area (Å²) < 4.78 is 6.61. The lowest BCUT2D eigenvalue weighted by Gasteiger charge is -2.15. The van der Waals surface area contributed by atoms with Crippen LogP contribution in [0.25, 0.3) is 6.08 Å². The molecule has 1 aliphatic heterocycles. The minimum atomic E-state index is -0.827. The van der Waals surface area contributed by atoms with Crippen molar-refractivity contribution in [3.05, 3.63) is 27.8 Å². The van der Waals surface area contributed by atoms with Crippen LogP contribution in [0.5, 0.6) is 0 Å². The first-order valence-corrected chi connectivity index (χ1v) is 6.10. The lowest BCUT2D eigenvalue weighted by atomic mass is 10.2. The van der Waals surface area contributed by atoms with Gasteiger partial charge in [0, 0.05) is 23.7 Å². The first kappa shape index (κ1) is 14.0. The van der Waals surface area contributed by atoms with Crippen molar-refractivity contribution in [2.24, 2.45) is 0 Å². The predicted molar refractivity (Wildman–Crippen MR) is 69.4 cm³/mol. The molecular formula is C11H14ClN3O4. The summed E-state index contributed by atoms with van der Waals surface area (Å²) in [7, 11) is 0. The molecule has 0 saturated carbocycles. The Hall–Kier alpha value is -1.41. The van der Waals surface area contributed by atoms with Crippen molar-refractivity contribution in [1.29, 1.82) is 0 Å². The van der Waals surface area contributed by atoms with Gasteiger partial charge in [-0.1, -0.05) is 11.6 Å². The van der Waals surface area contributed by atoms with E-state index < -0.39 is 24.1 Å². The molecule has 2 rings (SSSR count). The first-order chi connectivity index (χ1) is 9.06. The zero-order chi connectivity index (χ0) is 14.0. The summed E-state index contributed by atoms with van der Waals surface area (Å²) in [5.41, 5.74) is 6.73. The van der Waals surface area contributed by atoms with Crippen molar-refractivity contribution in [2.45, 2.75) is 24.9 Å². The number of rotatable bonds is 3. The number of aliphatic hydroxyl groups is 2. The van der Waals surface area contributed by atoms with Crippen molar-refractivity contribution in [2.75, 3.05) is 12.3 Å². The number of aliphatic hydroxyl groups excluding tert-OH is 2. The van der Waals surface area contributed by atoms with Gasteiger partial charge in [0.25, 0.3) is 0 Å². The summed E-state index contributed by atoms with van der Waals surface area (Å²) in [6.07, 6.45) is 0.930. The van der Waals surface area contributed by atoms with Gasteiger partial charge in [-0.25, -0.2) is 4.79 Å². The molecular weight excluding hydrogens is 274 g/mol. The normalized spacial score (nSPS) is 27.2. The Bertz CT molecular complexity index is 545. The van der Waals surface area contributed by atoms with Crippen LogP contribution in [0, 0.1) is 0 Å². The number of nitrogen functional groups attached to an aromatic ring is 1. The Morgan fingerprint density at radius 3 is 3.00 bits per heavy atom. The van der Waals surface area contributed by atoms with Gasteiger partial charge >= 0.3 is 5.69 Å². The number of hydrogen-bond donors (Lipinski definition) is 3. The second-order valence-electron chi connectivity index (χ2n) is 4.18. The summed E-state index contributed by atoms with van der Waals surface area (Å²) in [6.45, 7) is -0.316. The van der Waals surface area contributed by atoms with Crippen LogP contribution in [-0.4, -0.2) is 38.6 Å². The topological polar surface area (TPSA) is 111 Å². The number of nitrogens with zero attached hydrogens (tertiary/aromatic N) is 2. The van der Waals surface area contributed by atoms with Crippen LogP contribution in [-0.2, 0) is 4.74 Å². The molecule has 104 valence electrons. The molecule has 0 bridgehead atoms. The van der Waals surface area contributed by atoms with Crippen LogP contribution in [0.4, 0.5) is 5.82 Å². The fraction of sp³-hybridized carbons (Fsp3) is 0.455. The van der Waals surface area contributed by atoms with E-state index in [1.165, 1.54) is 22.4 Å². The average molecular weight is 288 g/mol. The van der Waals surface area contributed by atoms with Crippen LogP contribution in [0.2, 0.25) is 0 Å². The molecule has 0 radical (unpaired) electrons. The summed E-state index contributed by atoms with van der Waals surface area (Å²) in [4.78, 5) is 15.4. The highest BCUT2D eigenvalue weighted by Crippen LogP contribution is 2.27. The molecule has 0 amide bonds. The third-order valence-electron chi connectivity index (χ3n) is 2.95. The number of ether oxygens (including phenoxy) is 1. The molecule has 1 aromatic rings. The highest BCUT2D eigenvalue weighted by molar-refractivity contribution is 6.27. The lowest BCUT2D eigenvalue weighted by Crippen LogP contribution is -2.28. The molecule has 1 fully saturated rings. The second kappa shape index (κ2) is 5.70. The van der Waals surface area contributed by atoms with Crippen molar-refractivity contribution in [3.8, 4) is 0 Å². The predicted octanol–water partition coefficient (Wildman–Crippen LogP) is -0.324. The molecule has 0 aliphatic carbocycles. The van der Waals surface area contributed by atoms with Gasteiger partial charge in [0.15, 0.2) is 0 Å². The third kappa shape index (κ3) is 2.79. The van der Waals surface area contributed by atoms with Gasteiger partial charge in [-0.05, 0) is 6.08 Å². The van der Waals surface area contributed by atoms with Gasteiger partial charge in [0.2, 0.25) is 0 Å². The molecule has 3 atom stereocenters. The largest absolute Gasteiger partial charge is 0.394 e. The van der Waals surface area contributed by atoms with Gasteiger partial charge in [0.1, 0.15) is 18.1 Å². The Morgan fingerprint density at radius 2 is 2.42 bits per heavy atom. The molecule has 0 spiro atoms. The molecule has 1 aliphatic rings. The fourth-order valence-electron chi connectivity index (χ4n) is 1.95. The number of aromatic nitrogens is 2. The maximum absolute atomic E-state index is 11.8. The molecule has 8 heteroatoms. The Kier molecular flexibility index (Phi) is 4.20. The van der Waals surface area contributed by atoms with Crippen molar-refractivity contribution >= 4 is 23.5 Å². The molecule has 3 unspecified atom stereocenters. The number of hydrogen-bond acceptors (Lipinski definition) is 6. The maximum atomic E-state index is 11.8. The van der Waals surface area contributed by atoms with Gasteiger partial charge in [0.05, 0.1) is 12.7 Å². The number of nitrogens with two attached hydrogens (primary N) is 1. The van der Waals surface area contributed by atoms with E-state index in [-0.39, 0.29) is 18.8 Å². The van der Waals surface area contributed by atoms with E-state index in [9.17, 15) is 9.90 Å². The molecule has 2 heterocycles. The number of anilines is 1. The van der Waals surface area contributed by atoms with Crippen molar-refractivity contribution in [1.82, 2.24) is 9.55 Å². The minimum Gasteiger partial charge on any atom is -0.394 e. The maximum Gasteiger partial charge on any atom is 0.351 e. The van der Waals surface area contributed by atoms with E-state index in [0.717, 1.165) is 0 Å². The Labute approximate surface area is 113 Å². The van der Waals surface area contributed by atoms with Crippen LogP contribution in [0.1, 0.15) is 18.2 Å². The van der Waals surface area contributed by atoms with Crippen LogP contribution in [0.3, 0.4) is 0 Å². The van der Waals surface area contributed by atoms with E-state index in [0.29, 0.717) is 5.56 Å². The van der Waals surface area contributed by atoms with Gasteiger partial charge in [-0.2, -0.15) is 4.98 Å². The van der Waals surface area contributed by atoms with Crippen molar-refractivity contribution < 1.29 is 14.9 Å². The standard InChI is InChI=1S/C11H14ClN3O4/c12-2-1-6-4-15(11(18)14-10(6)13)9-3-7(17)8(5-16)19-9/h1-2,4,7-9,16-17H,3,5H2,(H2,13,14,18)/b2-1+. The smallest absolute Gasteiger partial charge is 0.351 e. The summed E-state index contributed by atoms with van der Waals surface area (Å²) >= 11 is 5.47. The third-order valence-corrected chi connectivity index (χ3v) is 3.07. The highest BCUT2D eigenvalue weighted by atomic mass is 35.5. The molecule has 1 saturated heterocycles. The first-order valence-electron chi connectivity index (χ1n) is 5.66. The zero-order valence-corrected chi connectivity index (χ0v) is 10.7. The van der Waals surface area contributed by atoms with E-state index >= 15 is 0 Å². The summed E-state index contributed by atoms with van der Waals surface area (Å²) in [5.74, 6) is 0.0652. The second-order valence-corrected chi connectivity index (χ2v) is 4.43. The van der Waals surface area contributed by atoms with E-state index in [1.54, 1.807) is 0 Å².